The van der Waals surface area contributed by atoms with Crippen LogP contribution in [0.15, 0.2) is 0 Å². The Hall–Kier alpha value is -0.660. The van der Waals surface area contributed by atoms with E-state index in [4.69, 9.17) is 0 Å². The van der Waals surface area contributed by atoms with Crippen molar-refractivity contribution in [3.05, 3.63) is 0 Å². The first kappa shape index (κ1) is 17.7. The first-order valence-corrected chi connectivity index (χ1v) is 9.79. The fraction of sp³-hybridized carbons (Fsp3) is 0.933. The van der Waals surface area contributed by atoms with E-state index in [1.807, 2.05) is 0 Å². The van der Waals surface area contributed by atoms with Crippen LogP contribution in [-0.4, -0.2) is 56.2 Å². The summed E-state index contributed by atoms with van der Waals surface area (Å²) in [6.45, 7) is 0.812. The van der Waals surface area contributed by atoms with E-state index >= 15 is 0 Å². The SMILES string of the molecule is CN(C)S(=O)(=O)N1CCC[C@H](C(=O)NC2CCCCCC2)C1. The smallest absolute Gasteiger partial charge is 0.281 e. The maximum absolute atomic E-state index is 12.5. The molecule has 0 aromatic rings. The molecule has 2 fully saturated rings. The maximum atomic E-state index is 12.5. The van der Waals surface area contributed by atoms with E-state index in [0.717, 1.165) is 25.7 Å². The van der Waals surface area contributed by atoms with Crippen molar-refractivity contribution in [1.82, 2.24) is 13.9 Å². The lowest BCUT2D eigenvalue weighted by Gasteiger charge is -2.33. The zero-order valence-corrected chi connectivity index (χ0v) is 14.6. The van der Waals surface area contributed by atoms with Gasteiger partial charge in [-0.25, -0.2) is 0 Å². The van der Waals surface area contributed by atoms with E-state index in [9.17, 15) is 13.2 Å². The molecular weight excluding hydrogens is 302 g/mol. The molecule has 1 amide bonds. The zero-order chi connectivity index (χ0) is 16.2. The average Bonchev–Trinajstić information content (AvgIpc) is 2.76. The van der Waals surface area contributed by atoms with E-state index < -0.39 is 10.2 Å². The minimum absolute atomic E-state index is 0.0329. The number of piperidine rings is 1. The van der Waals surface area contributed by atoms with Crippen molar-refractivity contribution in [3.8, 4) is 0 Å². The van der Waals surface area contributed by atoms with Crippen LogP contribution in [0.3, 0.4) is 0 Å². The fourth-order valence-electron chi connectivity index (χ4n) is 3.34. The number of nitrogens with zero attached hydrogens (tertiary/aromatic N) is 2. The second kappa shape index (κ2) is 7.75. The van der Waals surface area contributed by atoms with Gasteiger partial charge in [-0.05, 0) is 25.7 Å². The van der Waals surface area contributed by atoms with Gasteiger partial charge in [0.2, 0.25) is 5.91 Å². The van der Waals surface area contributed by atoms with Crippen LogP contribution < -0.4 is 5.32 Å². The predicted octanol–water partition coefficient (Wildman–Crippen LogP) is 1.34. The first-order valence-electron chi connectivity index (χ1n) is 8.39. The lowest BCUT2D eigenvalue weighted by molar-refractivity contribution is -0.126. The summed E-state index contributed by atoms with van der Waals surface area (Å²) in [4.78, 5) is 12.5. The molecular formula is C15H29N3O3S. The Balaban J connectivity index is 1.92. The molecule has 0 aromatic carbocycles. The van der Waals surface area contributed by atoms with Crippen molar-refractivity contribution in [2.24, 2.45) is 5.92 Å². The molecule has 2 aliphatic rings. The Bertz CT molecular complexity index is 470. The van der Waals surface area contributed by atoms with Gasteiger partial charge in [-0.15, -0.1) is 0 Å². The minimum Gasteiger partial charge on any atom is -0.353 e. The molecule has 0 bridgehead atoms. The van der Waals surface area contributed by atoms with Gasteiger partial charge in [0.05, 0.1) is 5.92 Å². The standard InChI is InChI=1S/C15H29N3O3S/c1-17(2)22(20,21)18-11-7-8-13(12-18)15(19)16-14-9-5-3-4-6-10-14/h13-14H,3-12H2,1-2H3,(H,16,19)/t13-/m0/s1. The number of hydrogen-bond acceptors (Lipinski definition) is 3. The molecule has 1 atom stereocenters. The molecule has 1 heterocycles. The molecule has 7 heteroatoms. The Morgan fingerprint density at radius 2 is 1.68 bits per heavy atom. The molecule has 1 saturated heterocycles. The Morgan fingerprint density at radius 1 is 1.05 bits per heavy atom. The van der Waals surface area contributed by atoms with Gasteiger partial charge in [0.1, 0.15) is 0 Å². The normalized spacial score (nSPS) is 25.9. The molecule has 6 nitrogen and oxygen atoms in total. The molecule has 1 aliphatic carbocycles. The molecule has 0 aromatic heterocycles. The van der Waals surface area contributed by atoms with Crippen LogP contribution in [0.5, 0.6) is 0 Å². The van der Waals surface area contributed by atoms with Crippen molar-refractivity contribution in [1.29, 1.82) is 0 Å². The fourth-order valence-corrected chi connectivity index (χ4v) is 4.53. The number of amides is 1. The van der Waals surface area contributed by atoms with Crippen LogP contribution in [0.2, 0.25) is 0 Å². The quantitative estimate of drug-likeness (QED) is 0.791. The van der Waals surface area contributed by atoms with Gasteiger partial charge < -0.3 is 5.32 Å². The van der Waals surface area contributed by atoms with Crippen molar-refractivity contribution < 1.29 is 13.2 Å². The minimum atomic E-state index is -3.42. The number of nitrogens with one attached hydrogen (secondary N) is 1. The highest BCUT2D eigenvalue weighted by Gasteiger charge is 2.34. The van der Waals surface area contributed by atoms with Gasteiger partial charge in [0.25, 0.3) is 10.2 Å². The Morgan fingerprint density at radius 3 is 2.27 bits per heavy atom. The van der Waals surface area contributed by atoms with Crippen LogP contribution in [0.4, 0.5) is 0 Å². The van der Waals surface area contributed by atoms with E-state index in [1.54, 1.807) is 0 Å². The topological polar surface area (TPSA) is 69.7 Å². The lowest BCUT2D eigenvalue weighted by Crippen LogP contribution is -2.50. The summed E-state index contributed by atoms with van der Waals surface area (Å²) >= 11 is 0. The molecule has 0 unspecified atom stereocenters. The summed E-state index contributed by atoms with van der Waals surface area (Å²) in [7, 11) is -0.354. The van der Waals surface area contributed by atoms with Gasteiger partial charge in [-0.2, -0.15) is 17.0 Å². The van der Waals surface area contributed by atoms with Crippen molar-refractivity contribution in [2.75, 3.05) is 27.2 Å². The third-order valence-corrected chi connectivity index (χ3v) is 6.65. The second-order valence-electron chi connectivity index (χ2n) is 6.68. The highest BCUT2D eigenvalue weighted by Crippen LogP contribution is 2.22. The maximum Gasteiger partial charge on any atom is 0.281 e. The first-order chi connectivity index (χ1) is 10.4. The van der Waals surface area contributed by atoms with Crippen LogP contribution in [-0.2, 0) is 15.0 Å². The summed E-state index contributed by atoms with van der Waals surface area (Å²) in [5.74, 6) is -0.183. The molecule has 2 rings (SSSR count). The Kier molecular flexibility index (Phi) is 6.23. The van der Waals surface area contributed by atoms with Gasteiger partial charge >= 0.3 is 0 Å². The highest BCUT2D eigenvalue weighted by molar-refractivity contribution is 7.86. The van der Waals surface area contributed by atoms with E-state index in [1.165, 1.54) is 48.4 Å². The molecule has 128 valence electrons. The summed E-state index contributed by atoms with van der Waals surface area (Å²) < 4.78 is 27.1. The summed E-state index contributed by atoms with van der Waals surface area (Å²) in [5, 5.41) is 3.16. The second-order valence-corrected chi connectivity index (χ2v) is 8.83. The van der Waals surface area contributed by atoms with Crippen LogP contribution in [0.1, 0.15) is 51.4 Å². The number of rotatable bonds is 4. The van der Waals surface area contributed by atoms with E-state index in [-0.39, 0.29) is 17.9 Å². The summed E-state index contributed by atoms with van der Waals surface area (Å²) in [6, 6.07) is 0.274. The molecule has 0 spiro atoms. The molecule has 1 saturated carbocycles. The van der Waals surface area contributed by atoms with E-state index in [0.29, 0.717) is 13.1 Å². The summed E-state index contributed by atoms with van der Waals surface area (Å²) in [6.07, 6.45) is 8.49. The van der Waals surface area contributed by atoms with Crippen molar-refractivity contribution in [2.45, 2.75) is 57.4 Å². The predicted molar refractivity (Wildman–Crippen MR) is 86.5 cm³/mol. The zero-order valence-electron chi connectivity index (χ0n) is 13.8. The van der Waals surface area contributed by atoms with Crippen molar-refractivity contribution in [3.63, 3.8) is 0 Å². The number of carbonyl (C=O) groups excluding carboxylic acids is 1. The van der Waals surface area contributed by atoms with Gasteiger partial charge in [-0.3, -0.25) is 4.79 Å². The van der Waals surface area contributed by atoms with Crippen LogP contribution >= 0.6 is 0 Å². The number of hydrogen-bond donors (Lipinski definition) is 1. The number of carbonyl (C=O) groups is 1. The van der Waals surface area contributed by atoms with Gasteiger partial charge in [0.15, 0.2) is 0 Å². The van der Waals surface area contributed by atoms with E-state index in [2.05, 4.69) is 5.32 Å². The van der Waals surface area contributed by atoms with Gasteiger partial charge in [0, 0.05) is 33.2 Å². The third-order valence-electron chi connectivity index (χ3n) is 4.74. The highest BCUT2D eigenvalue weighted by atomic mass is 32.2. The molecule has 1 N–H and O–H groups in total. The van der Waals surface area contributed by atoms with Crippen LogP contribution in [0.25, 0.3) is 0 Å². The van der Waals surface area contributed by atoms with Crippen LogP contribution in [0, 0.1) is 5.92 Å². The Labute approximate surface area is 134 Å². The van der Waals surface area contributed by atoms with Crippen molar-refractivity contribution >= 4 is 16.1 Å². The lowest BCUT2D eigenvalue weighted by atomic mass is 9.97. The average molecular weight is 331 g/mol. The molecule has 0 radical (unpaired) electrons. The molecule has 1 aliphatic heterocycles. The molecule has 22 heavy (non-hydrogen) atoms. The van der Waals surface area contributed by atoms with Gasteiger partial charge in [-0.1, -0.05) is 25.7 Å². The largest absolute Gasteiger partial charge is 0.353 e. The third kappa shape index (κ3) is 4.43. The monoisotopic (exact) mass is 331 g/mol. The summed E-state index contributed by atoms with van der Waals surface area (Å²) in [5.41, 5.74) is 0.